The van der Waals surface area contributed by atoms with E-state index in [1.54, 1.807) is 13.0 Å². The van der Waals surface area contributed by atoms with Gasteiger partial charge in [0.1, 0.15) is 0 Å². The van der Waals surface area contributed by atoms with E-state index in [0.29, 0.717) is 42.6 Å². The molecule has 1 aliphatic heterocycles. The van der Waals surface area contributed by atoms with Crippen molar-refractivity contribution < 1.29 is 20.1 Å². The first-order chi connectivity index (χ1) is 18.9. The van der Waals surface area contributed by atoms with Gasteiger partial charge in [-0.1, -0.05) is 0 Å². The van der Waals surface area contributed by atoms with Gasteiger partial charge in [-0.3, -0.25) is 0 Å². The molecule has 1 aromatic heterocycles. The second-order valence-electron chi connectivity index (χ2n) is 10.6. The summed E-state index contributed by atoms with van der Waals surface area (Å²) in [4.78, 5) is 23.0. The molecule has 2 fully saturated rings. The van der Waals surface area contributed by atoms with Gasteiger partial charge in [0.25, 0.3) is 0 Å². The van der Waals surface area contributed by atoms with Crippen LogP contribution in [0, 0.1) is 5.92 Å². The normalized spacial score (nSPS) is 20.9. The molecule has 0 saturated heterocycles. The summed E-state index contributed by atoms with van der Waals surface area (Å²) < 4.78 is 1.90. The molecule has 4 N–H and O–H groups in total. The first-order valence-electron chi connectivity index (χ1n) is 14.0. The van der Waals surface area contributed by atoms with Gasteiger partial charge >= 0.3 is 230 Å². The molecule has 0 radical (unpaired) electrons. The van der Waals surface area contributed by atoms with Gasteiger partial charge in [-0.25, -0.2) is 0 Å². The number of aliphatic hydroxyl groups excluding tert-OH is 2. The van der Waals surface area contributed by atoms with Crippen LogP contribution in [0.3, 0.4) is 0 Å². The monoisotopic (exact) mass is 531 g/mol. The Balaban J connectivity index is 1.66. The number of phenols is 1. The van der Waals surface area contributed by atoms with Crippen molar-refractivity contribution in [1.29, 1.82) is 0 Å². The predicted molar refractivity (Wildman–Crippen MR) is 155 cm³/mol. The number of phenolic OH excluding ortho intramolecular Hbond substituents is 1. The number of aromatic nitrogens is 2. The SMILES string of the molecule is C=Bc1cc(Cn2c(N[C@@H]3CCCC3C(=C)O)nc3c2C(=O)N(CC)C(=C2CCCC2)N3CCO)ccc1O. The Kier molecular flexibility index (Phi) is 7.84. The maximum atomic E-state index is 14.2. The van der Waals surface area contributed by atoms with Crippen LogP contribution in [0.5, 0.6) is 5.75 Å². The molecule has 2 aromatic rings. The number of hydrogen-bond acceptors (Lipinski definition) is 7. The number of imidazole rings is 1. The van der Waals surface area contributed by atoms with Crippen LogP contribution in [0.25, 0.3) is 0 Å². The zero-order valence-corrected chi connectivity index (χ0v) is 22.7. The van der Waals surface area contributed by atoms with E-state index in [-0.39, 0.29) is 36.0 Å². The Morgan fingerprint density at radius 3 is 2.64 bits per heavy atom. The Labute approximate surface area is 230 Å². The number of β-amino-alcohol motifs (C(OH)–C–C–N with tert-alkyl or cyclic N) is 1. The van der Waals surface area contributed by atoms with Crippen molar-refractivity contribution in [2.45, 2.75) is 64.5 Å². The molecule has 206 valence electrons. The van der Waals surface area contributed by atoms with Crippen LogP contribution >= 0.6 is 0 Å². The number of aromatic hydroxyl groups is 1. The van der Waals surface area contributed by atoms with Crippen molar-refractivity contribution in [2.24, 2.45) is 5.92 Å². The Morgan fingerprint density at radius 1 is 1.21 bits per heavy atom. The number of nitrogens with one attached hydrogen (secondary N) is 1. The summed E-state index contributed by atoms with van der Waals surface area (Å²) in [7, 11) is 0. The Bertz CT molecular complexity index is 1310. The molecule has 1 aromatic carbocycles. The van der Waals surface area contributed by atoms with Crippen molar-refractivity contribution >= 4 is 36.5 Å². The number of carbonyl (C=O) groups is 1. The standard InChI is InChI=1S/C29H38BN5O4/c1-4-33-27(20-8-5-6-9-20)34(14-15-36)26-25(28(33)39)35(17-19-12-13-24(38)22(16-19)30-3)29(32-26)31-23-11-7-10-21(23)18(2)37/h12-13,16,21,23,36-38H,2-11,14-15,17H2,1H3,(H,31,32)/t21?,23-/m1/s1. The number of aliphatic hydroxyl groups is 2. The summed E-state index contributed by atoms with van der Waals surface area (Å²) in [5, 5.41) is 34.0. The zero-order valence-electron chi connectivity index (χ0n) is 22.7. The van der Waals surface area contributed by atoms with Crippen LogP contribution in [0.1, 0.15) is 67.9 Å². The molecule has 2 saturated carbocycles. The van der Waals surface area contributed by atoms with Crippen molar-refractivity contribution in [3.63, 3.8) is 0 Å². The number of nitrogens with zero attached hydrogens (tertiary/aromatic N) is 4. The zero-order chi connectivity index (χ0) is 27.7. The average molecular weight is 531 g/mol. The van der Waals surface area contributed by atoms with Gasteiger partial charge < -0.3 is 0 Å². The van der Waals surface area contributed by atoms with Crippen LogP contribution < -0.4 is 15.7 Å². The number of anilines is 2. The third-order valence-electron chi connectivity index (χ3n) is 8.24. The quantitative estimate of drug-likeness (QED) is 0.291. The Morgan fingerprint density at radius 2 is 1.97 bits per heavy atom. The van der Waals surface area contributed by atoms with E-state index >= 15 is 0 Å². The number of carbonyl (C=O) groups excluding carboxylic acids is 1. The van der Waals surface area contributed by atoms with E-state index in [1.807, 2.05) is 33.4 Å². The van der Waals surface area contributed by atoms with Crippen LogP contribution in [0.4, 0.5) is 11.8 Å². The van der Waals surface area contributed by atoms with E-state index in [1.165, 1.54) is 5.57 Å². The topological polar surface area (TPSA) is 114 Å². The molecule has 2 heterocycles. The summed E-state index contributed by atoms with van der Waals surface area (Å²) in [6.07, 6.45) is 6.69. The van der Waals surface area contributed by atoms with Crippen molar-refractivity contribution in [3.05, 3.63) is 53.2 Å². The van der Waals surface area contributed by atoms with Gasteiger partial charge in [-0.2, -0.15) is 0 Å². The first kappa shape index (κ1) is 27.1. The van der Waals surface area contributed by atoms with E-state index in [4.69, 9.17) is 4.98 Å². The molecular formula is C29H38BN5O4. The van der Waals surface area contributed by atoms with Crippen LogP contribution in [0.15, 0.2) is 41.9 Å². The van der Waals surface area contributed by atoms with Gasteiger partial charge in [-0.15, -0.1) is 0 Å². The molecule has 1 amide bonds. The molecule has 0 bridgehead atoms. The van der Waals surface area contributed by atoms with Crippen LogP contribution in [-0.2, 0) is 6.54 Å². The summed E-state index contributed by atoms with van der Waals surface area (Å²) in [6, 6.07) is 5.25. The minimum absolute atomic E-state index is 0.0648. The fourth-order valence-electron chi connectivity index (χ4n) is 6.33. The average Bonchev–Trinajstić information content (AvgIpc) is 3.68. The second kappa shape index (κ2) is 11.3. The van der Waals surface area contributed by atoms with Crippen molar-refractivity contribution in [1.82, 2.24) is 14.5 Å². The fraction of sp³-hybridized carbons (Fsp3) is 0.483. The first-order valence-corrected chi connectivity index (χ1v) is 14.0. The molecule has 0 spiro atoms. The van der Waals surface area contributed by atoms with Crippen LogP contribution in [-0.4, -0.2) is 74.8 Å². The number of rotatable bonds is 9. The number of hydrogen-bond donors (Lipinski definition) is 4. The Hall–Kier alpha value is -3.53. The number of allylic oxidation sites excluding steroid dienone is 1. The van der Waals surface area contributed by atoms with Crippen LogP contribution in [0.2, 0.25) is 0 Å². The molecule has 39 heavy (non-hydrogen) atoms. The van der Waals surface area contributed by atoms with Gasteiger partial charge in [0, 0.05) is 0 Å². The molecule has 5 rings (SSSR count). The van der Waals surface area contributed by atoms with Gasteiger partial charge in [-0.05, 0) is 0 Å². The number of fused-ring (bicyclic) bond motifs is 1. The molecule has 2 atom stereocenters. The molecule has 10 heteroatoms. The van der Waals surface area contributed by atoms with Gasteiger partial charge in [0.05, 0.1) is 0 Å². The van der Waals surface area contributed by atoms with Gasteiger partial charge in [0.2, 0.25) is 0 Å². The fourth-order valence-corrected chi connectivity index (χ4v) is 6.33. The number of amides is 1. The summed E-state index contributed by atoms with van der Waals surface area (Å²) in [5.74, 6) is 2.02. The van der Waals surface area contributed by atoms with Gasteiger partial charge in [0.15, 0.2) is 0 Å². The predicted octanol–water partition coefficient (Wildman–Crippen LogP) is 3.11. The molecule has 2 aliphatic carbocycles. The van der Waals surface area contributed by atoms with Crippen molar-refractivity contribution in [3.8, 4) is 5.75 Å². The summed E-state index contributed by atoms with van der Waals surface area (Å²) in [6.45, 7) is 12.3. The molecule has 3 aliphatic rings. The third kappa shape index (κ3) is 4.98. The minimum atomic E-state index is -0.117. The van der Waals surface area contributed by atoms with E-state index in [2.05, 4.69) is 18.4 Å². The van der Waals surface area contributed by atoms with E-state index in [9.17, 15) is 20.1 Å². The number of benzene rings is 1. The molecular weight excluding hydrogens is 493 g/mol. The summed E-state index contributed by atoms with van der Waals surface area (Å²) >= 11 is 0. The third-order valence-corrected chi connectivity index (χ3v) is 8.24. The van der Waals surface area contributed by atoms with E-state index < -0.39 is 0 Å². The second-order valence-corrected chi connectivity index (χ2v) is 10.6. The molecule has 1 unspecified atom stereocenters. The van der Waals surface area contributed by atoms with E-state index in [0.717, 1.165) is 56.3 Å². The summed E-state index contributed by atoms with van der Waals surface area (Å²) in [5.41, 5.74) is 3.18. The maximum absolute atomic E-state index is 14.2. The van der Waals surface area contributed by atoms with Crippen molar-refractivity contribution in [2.75, 3.05) is 29.9 Å². The molecule has 9 nitrogen and oxygen atoms in total.